The van der Waals surface area contributed by atoms with E-state index in [-0.39, 0.29) is 6.04 Å². The normalized spacial score (nSPS) is 16.7. The van der Waals surface area contributed by atoms with Crippen molar-refractivity contribution in [3.63, 3.8) is 0 Å². The average molecular weight is 420 g/mol. The van der Waals surface area contributed by atoms with Crippen molar-refractivity contribution in [1.82, 2.24) is 24.2 Å². The van der Waals surface area contributed by atoms with Crippen LogP contribution in [-0.2, 0) is 20.1 Å². The van der Waals surface area contributed by atoms with E-state index in [1.807, 2.05) is 39.8 Å². The van der Waals surface area contributed by atoms with Crippen molar-refractivity contribution in [3.05, 3.63) is 87.1 Å². The summed E-state index contributed by atoms with van der Waals surface area (Å²) in [4.78, 5) is 8.07. The van der Waals surface area contributed by atoms with Gasteiger partial charge in [-0.3, -0.25) is 9.88 Å². The molecule has 0 saturated heterocycles. The van der Waals surface area contributed by atoms with E-state index in [0.29, 0.717) is 6.67 Å². The smallest absolute Gasteiger partial charge is 0.199 e. The molecule has 4 aromatic rings. The van der Waals surface area contributed by atoms with Crippen molar-refractivity contribution < 1.29 is 0 Å². The molecular formula is C22H21N5S2. The van der Waals surface area contributed by atoms with Crippen molar-refractivity contribution in [2.24, 2.45) is 7.05 Å². The SMILES string of the molecule is Cn1c(-c2ccncc2)nn(CN2CCc3sccc3C2c2ccccc2)c1=S. The predicted octanol–water partition coefficient (Wildman–Crippen LogP) is 4.68. The number of benzene rings is 1. The molecule has 29 heavy (non-hydrogen) atoms. The van der Waals surface area contributed by atoms with E-state index in [9.17, 15) is 0 Å². The highest BCUT2D eigenvalue weighted by Crippen LogP contribution is 2.38. The molecule has 0 radical (unpaired) electrons. The summed E-state index contributed by atoms with van der Waals surface area (Å²) in [6.45, 7) is 1.64. The van der Waals surface area contributed by atoms with Gasteiger partial charge >= 0.3 is 0 Å². The van der Waals surface area contributed by atoms with Crippen molar-refractivity contribution in [1.29, 1.82) is 0 Å². The van der Waals surface area contributed by atoms with Gasteiger partial charge in [0, 0.05) is 36.4 Å². The Morgan fingerprint density at radius 3 is 2.69 bits per heavy atom. The Bertz CT molecular complexity index is 1180. The van der Waals surface area contributed by atoms with Gasteiger partial charge in [-0.1, -0.05) is 30.3 Å². The van der Waals surface area contributed by atoms with Crippen LogP contribution in [-0.4, -0.2) is 30.8 Å². The molecule has 1 aliphatic rings. The molecule has 0 amide bonds. The quantitative estimate of drug-likeness (QED) is 0.450. The third kappa shape index (κ3) is 3.35. The molecule has 0 fully saturated rings. The number of rotatable bonds is 4. The molecule has 4 heterocycles. The van der Waals surface area contributed by atoms with Crippen LogP contribution in [0.3, 0.4) is 0 Å². The highest BCUT2D eigenvalue weighted by Gasteiger charge is 2.30. The molecule has 146 valence electrons. The van der Waals surface area contributed by atoms with Crippen LogP contribution >= 0.6 is 23.6 Å². The first-order chi connectivity index (χ1) is 14.2. The highest BCUT2D eigenvalue weighted by atomic mass is 32.1. The summed E-state index contributed by atoms with van der Waals surface area (Å²) in [5.41, 5.74) is 3.73. The summed E-state index contributed by atoms with van der Waals surface area (Å²) in [7, 11) is 1.98. The van der Waals surface area contributed by atoms with Gasteiger partial charge in [-0.25, -0.2) is 4.68 Å². The second kappa shape index (κ2) is 7.67. The monoisotopic (exact) mass is 419 g/mol. The van der Waals surface area contributed by atoms with E-state index >= 15 is 0 Å². The number of hydrogen-bond donors (Lipinski definition) is 0. The second-order valence-electron chi connectivity index (χ2n) is 7.22. The van der Waals surface area contributed by atoms with Gasteiger partial charge in [-0.2, -0.15) is 5.10 Å². The molecule has 0 bridgehead atoms. The zero-order valence-electron chi connectivity index (χ0n) is 16.1. The first-order valence-electron chi connectivity index (χ1n) is 9.62. The largest absolute Gasteiger partial charge is 0.303 e. The summed E-state index contributed by atoms with van der Waals surface area (Å²) in [5.74, 6) is 0.863. The van der Waals surface area contributed by atoms with Crippen LogP contribution in [0.4, 0.5) is 0 Å². The maximum atomic E-state index is 5.72. The van der Waals surface area contributed by atoms with Gasteiger partial charge in [-0.05, 0) is 53.3 Å². The first-order valence-corrected chi connectivity index (χ1v) is 10.9. The minimum atomic E-state index is 0.222. The van der Waals surface area contributed by atoms with Crippen molar-refractivity contribution in [2.75, 3.05) is 6.54 Å². The van der Waals surface area contributed by atoms with Crippen LogP contribution in [0.15, 0.2) is 66.3 Å². The fraction of sp³-hybridized carbons (Fsp3) is 0.227. The molecule has 0 N–H and O–H groups in total. The van der Waals surface area contributed by atoms with Gasteiger partial charge in [0.1, 0.15) is 0 Å². The van der Waals surface area contributed by atoms with E-state index in [2.05, 4.69) is 51.7 Å². The van der Waals surface area contributed by atoms with Crippen molar-refractivity contribution >= 4 is 23.6 Å². The summed E-state index contributed by atoms with van der Waals surface area (Å²) in [5, 5.41) is 7.06. The predicted molar refractivity (Wildman–Crippen MR) is 118 cm³/mol. The van der Waals surface area contributed by atoms with Gasteiger partial charge in [0.2, 0.25) is 0 Å². The van der Waals surface area contributed by atoms with Gasteiger partial charge in [0.25, 0.3) is 0 Å². The number of thiophene rings is 1. The molecule has 0 spiro atoms. The summed E-state index contributed by atoms with van der Waals surface area (Å²) in [6, 6.07) is 17.1. The Hall–Kier alpha value is -2.61. The van der Waals surface area contributed by atoms with Crippen molar-refractivity contribution in [2.45, 2.75) is 19.1 Å². The molecule has 0 saturated carbocycles. The summed E-state index contributed by atoms with van der Waals surface area (Å²) in [6.07, 6.45) is 4.63. The number of pyridine rings is 1. The average Bonchev–Trinajstić information content (AvgIpc) is 3.35. The molecule has 5 nitrogen and oxygen atoms in total. The third-order valence-electron chi connectivity index (χ3n) is 5.48. The lowest BCUT2D eigenvalue weighted by Gasteiger charge is -2.36. The number of aromatic nitrogens is 4. The third-order valence-corrected chi connectivity index (χ3v) is 6.96. The van der Waals surface area contributed by atoms with Crippen LogP contribution < -0.4 is 0 Å². The summed E-state index contributed by atoms with van der Waals surface area (Å²) >= 11 is 7.58. The fourth-order valence-corrected chi connectivity index (χ4v) is 5.14. The van der Waals surface area contributed by atoms with Gasteiger partial charge in [0.05, 0.1) is 12.7 Å². The molecule has 1 unspecified atom stereocenters. The molecule has 3 aromatic heterocycles. The molecule has 7 heteroatoms. The Labute approximate surface area is 178 Å². The maximum absolute atomic E-state index is 5.72. The van der Waals surface area contributed by atoms with Gasteiger partial charge in [-0.15, -0.1) is 11.3 Å². The summed E-state index contributed by atoms with van der Waals surface area (Å²) < 4.78 is 4.64. The Morgan fingerprint density at radius 2 is 1.90 bits per heavy atom. The molecule has 1 aromatic carbocycles. The topological polar surface area (TPSA) is 38.9 Å². The zero-order valence-corrected chi connectivity index (χ0v) is 17.7. The minimum Gasteiger partial charge on any atom is -0.303 e. The minimum absolute atomic E-state index is 0.222. The van der Waals surface area contributed by atoms with Crippen LogP contribution in [0.2, 0.25) is 0 Å². The number of hydrogen-bond acceptors (Lipinski definition) is 5. The van der Waals surface area contributed by atoms with Gasteiger partial charge < -0.3 is 4.57 Å². The lowest BCUT2D eigenvalue weighted by Crippen LogP contribution is -2.37. The number of fused-ring (bicyclic) bond motifs is 1. The zero-order chi connectivity index (χ0) is 19.8. The number of nitrogens with zero attached hydrogens (tertiary/aromatic N) is 5. The molecule has 5 rings (SSSR count). The molecule has 1 atom stereocenters. The Balaban J connectivity index is 1.52. The lowest BCUT2D eigenvalue weighted by atomic mass is 9.94. The first kappa shape index (κ1) is 18.4. The van der Waals surface area contributed by atoms with Crippen molar-refractivity contribution in [3.8, 4) is 11.4 Å². The second-order valence-corrected chi connectivity index (χ2v) is 8.58. The maximum Gasteiger partial charge on any atom is 0.199 e. The van der Waals surface area contributed by atoms with Gasteiger partial charge in [0.15, 0.2) is 10.6 Å². The molecular weight excluding hydrogens is 398 g/mol. The van der Waals surface area contributed by atoms with E-state index in [0.717, 1.165) is 29.1 Å². The van der Waals surface area contributed by atoms with Crippen LogP contribution in [0, 0.1) is 4.77 Å². The lowest BCUT2D eigenvalue weighted by molar-refractivity contribution is 0.156. The van der Waals surface area contributed by atoms with Crippen LogP contribution in [0.5, 0.6) is 0 Å². The Kier molecular flexibility index (Phi) is 4.87. The molecule has 0 aliphatic carbocycles. The van der Waals surface area contributed by atoms with E-state index in [1.165, 1.54) is 16.0 Å². The standard InChI is InChI=1S/C22H21N5S2/c1-25-21(17-7-11-23-12-8-17)24-27(22(25)28)15-26-13-9-19-18(10-14-29-19)20(26)16-5-3-2-4-6-16/h2-8,10-12,14,20H,9,13,15H2,1H3. The van der Waals surface area contributed by atoms with Crippen LogP contribution in [0.1, 0.15) is 22.0 Å². The van der Waals surface area contributed by atoms with E-state index < -0.39 is 0 Å². The van der Waals surface area contributed by atoms with Crippen LogP contribution in [0.25, 0.3) is 11.4 Å². The van der Waals surface area contributed by atoms with E-state index in [4.69, 9.17) is 17.3 Å². The Morgan fingerprint density at radius 1 is 1.10 bits per heavy atom. The van der Waals surface area contributed by atoms with E-state index in [1.54, 1.807) is 12.4 Å². The molecule has 1 aliphatic heterocycles. The highest BCUT2D eigenvalue weighted by molar-refractivity contribution is 7.71. The fourth-order valence-electron chi connectivity index (χ4n) is 4.05.